The molecule has 96 valence electrons. The molecule has 3 heteroatoms. The van der Waals surface area contributed by atoms with Gasteiger partial charge in [0.1, 0.15) is 0 Å². The molecule has 1 heterocycles. The third-order valence-electron chi connectivity index (χ3n) is 2.56. The molecule has 0 aliphatic heterocycles. The van der Waals surface area contributed by atoms with E-state index in [0.717, 1.165) is 5.92 Å². The average molecular weight is 252 g/mol. The lowest BCUT2D eigenvalue weighted by Crippen LogP contribution is -2.31. The molecule has 17 heavy (non-hydrogen) atoms. The van der Waals surface area contributed by atoms with Crippen LogP contribution in [0.25, 0.3) is 0 Å². The summed E-state index contributed by atoms with van der Waals surface area (Å²) in [6.45, 7) is 9.00. The van der Waals surface area contributed by atoms with Gasteiger partial charge >= 0.3 is 0 Å². The van der Waals surface area contributed by atoms with Crippen molar-refractivity contribution in [1.82, 2.24) is 10.3 Å². The van der Waals surface area contributed by atoms with E-state index in [0.29, 0.717) is 12.1 Å². The Morgan fingerprint density at radius 2 is 1.76 bits per heavy atom. The Hall–Kier alpha value is -0.540. The molecule has 0 saturated carbocycles. The highest BCUT2D eigenvalue weighted by molar-refractivity contribution is 7.99. The van der Waals surface area contributed by atoms with Gasteiger partial charge in [0.05, 0.1) is 0 Å². The first-order valence-corrected chi connectivity index (χ1v) is 7.48. The summed E-state index contributed by atoms with van der Waals surface area (Å²) < 4.78 is 0. The Balaban J connectivity index is 2.28. The van der Waals surface area contributed by atoms with E-state index in [-0.39, 0.29) is 0 Å². The molecular formula is C14H24N2S. The van der Waals surface area contributed by atoms with Crippen molar-refractivity contribution >= 4 is 11.8 Å². The van der Waals surface area contributed by atoms with Gasteiger partial charge in [-0.3, -0.25) is 4.98 Å². The Bertz CT molecular complexity index is 300. The van der Waals surface area contributed by atoms with Crippen LogP contribution in [0.1, 0.15) is 39.3 Å². The topological polar surface area (TPSA) is 24.9 Å². The fourth-order valence-electron chi connectivity index (χ4n) is 1.70. The molecular weight excluding hydrogens is 228 g/mol. The van der Waals surface area contributed by atoms with Gasteiger partial charge in [0, 0.05) is 30.2 Å². The molecule has 1 aromatic rings. The first-order chi connectivity index (χ1) is 8.09. The van der Waals surface area contributed by atoms with Gasteiger partial charge in [-0.15, -0.1) is 0 Å². The third kappa shape index (κ3) is 6.08. The van der Waals surface area contributed by atoms with Crippen LogP contribution in [-0.2, 0) is 0 Å². The van der Waals surface area contributed by atoms with E-state index >= 15 is 0 Å². The fourth-order valence-corrected chi connectivity index (χ4v) is 2.76. The molecule has 2 atom stereocenters. The highest BCUT2D eigenvalue weighted by Crippen LogP contribution is 2.14. The van der Waals surface area contributed by atoms with Crippen molar-refractivity contribution in [3.05, 3.63) is 30.1 Å². The summed E-state index contributed by atoms with van der Waals surface area (Å²) in [5.74, 6) is 3.20. The highest BCUT2D eigenvalue weighted by atomic mass is 32.2. The predicted molar refractivity (Wildman–Crippen MR) is 77.4 cm³/mol. The second-order valence-corrected chi connectivity index (χ2v) is 6.08. The summed E-state index contributed by atoms with van der Waals surface area (Å²) in [6, 6.07) is 5.09. The maximum atomic E-state index is 4.04. The molecule has 0 unspecified atom stereocenters. The fraction of sp³-hybridized carbons (Fsp3) is 0.643. The van der Waals surface area contributed by atoms with Crippen molar-refractivity contribution in [2.24, 2.45) is 5.92 Å². The van der Waals surface area contributed by atoms with Crippen LogP contribution in [0.4, 0.5) is 0 Å². The normalized spacial score (nSPS) is 14.9. The van der Waals surface area contributed by atoms with Gasteiger partial charge in [-0.05, 0) is 43.2 Å². The largest absolute Gasteiger partial charge is 0.307 e. The van der Waals surface area contributed by atoms with Crippen LogP contribution in [0.5, 0.6) is 0 Å². The van der Waals surface area contributed by atoms with Gasteiger partial charge in [0.2, 0.25) is 0 Å². The lowest BCUT2D eigenvalue weighted by atomic mass is 10.1. The van der Waals surface area contributed by atoms with Gasteiger partial charge in [-0.1, -0.05) is 13.8 Å². The number of hydrogen-bond donors (Lipinski definition) is 1. The minimum absolute atomic E-state index is 0.396. The smallest absolute Gasteiger partial charge is 0.0295 e. The Labute approximate surface area is 110 Å². The zero-order valence-corrected chi connectivity index (χ0v) is 12.1. The van der Waals surface area contributed by atoms with Crippen molar-refractivity contribution in [2.75, 3.05) is 11.5 Å². The summed E-state index contributed by atoms with van der Waals surface area (Å²) in [6.07, 6.45) is 3.71. The average Bonchev–Trinajstić information content (AvgIpc) is 2.29. The highest BCUT2D eigenvalue weighted by Gasteiger charge is 2.09. The van der Waals surface area contributed by atoms with Crippen LogP contribution in [0.2, 0.25) is 0 Å². The summed E-state index contributed by atoms with van der Waals surface area (Å²) in [4.78, 5) is 4.04. The predicted octanol–water partition coefficient (Wildman–Crippen LogP) is 3.51. The molecule has 1 N–H and O–H groups in total. The minimum Gasteiger partial charge on any atom is -0.307 e. The zero-order chi connectivity index (χ0) is 12.7. The van der Waals surface area contributed by atoms with E-state index in [1.165, 1.54) is 17.1 Å². The second kappa shape index (κ2) is 7.72. The second-order valence-electron chi connectivity index (χ2n) is 5.00. The number of aromatic nitrogens is 1. The van der Waals surface area contributed by atoms with Crippen molar-refractivity contribution in [3.8, 4) is 0 Å². The van der Waals surface area contributed by atoms with E-state index in [4.69, 9.17) is 0 Å². The number of rotatable bonds is 7. The molecule has 0 fully saturated rings. The van der Waals surface area contributed by atoms with Crippen LogP contribution in [0.15, 0.2) is 24.5 Å². The number of nitrogens with zero attached hydrogens (tertiary/aromatic N) is 1. The van der Waals surface area contributed by atoms with E-state index in [1.54, 1.807) is 0 Å². The molecule has 0 spiro atoms. The Morgan fingerprint density at radius 3 is 2.35 bits per heavy atom. The van der Waals surface area contributed by atoms with Crippen LogP contribution in [-0.4, -0.2) is 22.5 Å². The molecule has 0 saturated heterocycles. The van der Waals surface area contributed by atoms with Gasteiger partial charge in [0.15, 0.2) is 0 Å². The number of hydrogen-bond acceptors (Lipinski definition) is 3. The van der Waals surface area contributed by atoms with E-state index in [1.807, 2.05) is 24.2 Å². The summed E-state index contributed by atoms with van der Waals surface area (Å²) >= 11 is 2.03. The van der Waals surface area contributed by atoms with Crippen molar-refractivity contribution < 1.29 is 0 Å². The quantitative estimate of drug-likeness (QED) is 0.804. The molecule has 1 rings (SSSR count). The molecule has 0 aromatic carbocycles. The first kappa shape index (κ1) is 14.5. The molecule has 0 amide bonds. The van der Waals surface area contributed by atoms with Crippen molar-refractivity contribution in [2.45, 2.75) is 39.8 Å². The summed E-state index contributed by atoms with van der Waals surface area (Å²) in [5.41, 5.74) is 1.31. The first-order valence-electron chi connectivity index (χ1n) is 6.33. The van der Waals surface area contributed by atoms with Gasteiger partial charge in [-0.2, -0.15) is 11.8 Å². The van der Waals surface area contributed by atoms with E-state index in [2.05, 4.69) is 50.1 Å². The maximum absolute atomic E-state index is 4.04. The van der Waals surface area contributed by atoms with Crippen molar-refractivity contribution in [1.29, 1.82) is 0 Å². The van der Waals surface area contributed by atoms with Crippen LogP contribution < -0.4 is 5.32 Å². The maximum Gasteiger partial charge on any atom is 0.0295 e. The minimum atomic E-state index is 0.396. The number of pyridine rings is 1. The third-order valence-corrected chi connectivity index (χ3v) is 4.20. The van der Waals surface area contributed by atoms with Crippen LogP contribution in [0, 0.1) is 5.92 Å². The van der Waals surface area contributed by atoms with Crippen LogP contribution in [0.3, 0.4) is 0 Å². The molecule has 0 radical (unpaired) electrons. The Morgan fingerprint density at radius 1 is 1.12 bits per heavy atom. The van der Waals surface area contributed by atoms with Gasteiger partial charge in [-0.25, -0.2) is 0 Å². The zero-order valence-electron chi connectivity index (χ0n) is 11.3. The van der Waals surface area contributed by atoms with Gasteiger partial charge in [0.25, 0.3) is 0 Å². The standard InChI is InChI=1S/C14H24N2S/c1-11(2)9-17-10-12(3)16-13(4)14-5-7-15-8-6-14/h5-8,11-13,16H,9-10H2,1-4H3/t12-,13-/m0/s1. The summed E-state index contributed by atoms with van der Waals surface area (Å²) in [5, 5.41) is 3.62. The Kier molecular flexibility index (Phi) is 6.60. The van der Waals surface area contributed by atoms with Gasteiger partial charge < -0.3 is 5.32 Å². The number of thioether (sulfide) groups is 1. The molecule has 2 nitrogen and oxygen atoms in total. The van der Waals surface area contributed by atoms with Crippen molar-refractivity contribution in [3.63, 3.8) is 0 Å². The van der Waals surface area contributed by atoms with Crippen LogP contribution >= 0.6 is 11.8 Å². The monoisotopic (exact) mass is 252 g/mol. The molecule has 0 bridgehead atoms. The van der Waals surface area contributed by atoms with E-state index < -0.39 is 0 Å². The molecule has 0 aliphatic carbocycles. The molecule has 1 aromatic heterocycles. The number of nitrogens with one attached hydrogen (secondary N) is 1. The SMILES string of the molecule is CC(C)CSC[C@H](C)N[C@@H](C)c1ccncc1. The lowest BCUT2D eigenvalue weighted by Gasteiger charge is -2.20. The van der Waals surface area contributed by atoms with E-state index in [9.17, 15) is 0 Å². The lowest BCUT2D eigenvalue weighted by molar-refractivity contribution is 0.510. The molecule has 0 aliphatic rings. The summed E-state index contributed by atoms with van der Waals surface area (Å²) in [7, 11) is 0.